The zero-order chi connectivity index (χ0) is 28.5. The minimum absolute atomic E-state index is 0. The molecule has 0 unspecified atom stereocenters. The molecule has 0 saturated heterocycles. The Morgan fingerprint density at radius 3 is 1.19 bits per heavy atom. The summed E-state index contributed by atoms with van der Waals surface area (Å²) in [6.45, 7) is 0. The first-order chi connectivity index (χ1) is 20.7. The van der Waals surface area contributed by atoms with Crippen molar-refractivity contribution in [3.8, 4) is 77.1 Å². The maximum Gasteiger partial charge on any atom is 0.142 e. The normalized spacial score (nSPS) is 10.8. The molecule has 0 atom stereocenters. The molecule has 3 aromatic heterocycles. The minimum Gasteiger partial charge on any atom is -0.506 e. The molecule has 7 aromatic rings. The van der Waals surface area contributed by atoms with Crippen molar-refractivity contribution in [2.24, 2.45) is 0 Å². The third kappa shape index (κ3) is 5.54. The van der Waals surface area contributed by atoms with Gasteiger partial charge in [0.15, 0.2) is 0 Å². The Kier molecular flexibility index (Phi) is 8.53. The number of pyridine rings is 1. The van der Waals surface area contributed by atoms with Gasteiger partial charge in [-0.15, -0.1) is 22.7 Å². The molecule has 3 heterocycles. The summed E-state index contributed by atoms with van der Waals surface area (Å²) in [5, 5.41) is 26.6. The van der Waals surface area contributed by atoms with Crippen molar-refractivity contribution in [1.82, 2.24) is 4.98 Å². The van der Waals surface area contributed by atoms with Crippen LogP contribution in [0.4, 0.5) is 0 Å². The predicted molar refractivity (Wildman–Crippen MR) is 176 cm³/mol. The van der Waals surface area contributed by atoms with E-state index < -0.39 is 0 Å². The second kappa shape index (κ2) is 12.6. The van der Waals surface area contributed by atoms with E-state index in [9.17, 15) is 10.2 Å². The van der Waals surface area contributed by atoms with Gasteiger partial charge in [-0.2, -0.15) is 0 Å². The molecule has 7 rings (SSSR count). The Hall–Kier alpha value is -4.09. The quantitative estimate of drug-likeness (QED) is 0.185. The van der Waals surface area contributed by atoms with Gasteiger partial charge in [0.1, 0.15) is 11.5 Å². The molecule has 6 heteroatoms. The van der Waals surface area contributed by atoms with E-state index in [-0.39, 0.29) is 37.7 Å². The summed E-state index contributed by atoms with van der Waals surface area (Å²) >= 11 is 3.06. The maximum absolute atomic E-state index is 11.3. The van der Waals surface area contributed by atoms with Gasteiger partial charge >= 0.3 is 0 Å². The van der Waals surface area contributed by atoms with Crippen LogP contribution >= 0.6 is 22.7 Å². The summed E-state index contributed by atoms with van der Waals surface area (Å²) in [7, 11) is 0. The average molecular weight is 671 g/mol. The van der Waals surface area contributed by atoms with Crippen molar-refractivity contribution in [1.29, 1.82) is 0 Å². The van der Waals surface area contributed by atoms with Crippen molar-refractivity contribution in [2.45, 2.75) is 0 Å². The SMILES string of the molecule is Oc1c(-c2ccccc2)csc1-c1ccccc1-c1cccc(-c2ccccc2-c2scc(-c3ccccc3)c2O)n1.[Zr]. The molecule has 0 fully saturated rings. The van der Waals surface area contributed by atoms with E-state index in [2.05, 4.69) is 0 Å². The van der Waals surface area contributed by atoms with Crippen LogP contribution < -0.4 is 0 Å². The van der Waals surface area contributed by atoms with E-state index >= 15 is 0 Å². The Labute approximate surface area is 277 Å². The predicted octanol–water partition coefficient (Wildman–Crippen LogP) is 10.6. The molecular formula is C37H25NO2S2Zr. The third-order valence-electron chi connectivity index (χ3n) is 7.34. The maximum atomic E-state index is 11.3. The van der Waals surface area contributed by atoms with E-state index in [1.54, 1.807) is 0 Å². The molecule has 206 valence electrons. The largest absolute Gasteiger partial charge is 0.506 e. The molecule has 0 radical (unpaired) electrons. The van der Waals surface area contributed by atoms with Crippen LogP contribution in [0.2, 0.25) is 0 Å². The van der Waals surface area contributed by atoms with Gasteiger partial charge < -0.3 is 10.2 Å². The number of aromatic hydroxyl groups is 2. The first-order valence-electron chi connectivity index (χ1n) is 13.6. The number of aromatic nitrogens is 1. The van der Waals surface area contributed by atoms with Gasteiger partial charge in [0.25, 0.3) is 0 Å². The molecule has 0 saturated carbocycles. The summed E-state index contributed by atoms with van der Waals surface area (Å²) in [6.07, 6.45) is 0. The van der Waals surface area contributed by atoms with E-state index in [4.69, 9.17) is 4.98 Å². The summed E-state index contributed by atoms with van der Waals surface area (Å²) < 4.78 is 0. The van der Waals surface area contributed by atoms with E-state index in [0.29, 0.717) is 0 Å². The molecular weight excluding hydrogens is 646 g/mol. The van der Waals surface area contributed by atoms with Crippen LogP contribution in [-0.2, 0) is 26.2 Å². The van der Waals surface area contributed by atoms with Crippen LogP contribution in [0, 0.1) is 0 Å². The molecule has 3 nitrogen and oxygen atoms in total. The Balaban J connectivity index is 0.00000329. The van der Waals surface area contributed by atoms with Crippen LogP contribution in [0.3, 0.4) is 0 Å². The number of hydrogen-bond donors (Lipinski definition) is 2. The second-order valence-corrected chi connectivity index (χ2v) is 11.6. The summed E-state index contributed by atoms with van der Waals surface area (Å²) in [5.41, 5.74) is 9.00. The monoisotopic (exact) mass is 669 g/mol. The van der Waals surface area contributed by atoms with Gasteiger partial charge in [0.05, 0.1) is 21.1 Å². The zero-order valence-corrected chi connectivity index (χ0v) is 27.0. The van der Waals surface area contributed by atoms with E-state index in [1.165, 1.54) is 22.7 Å². The fourth-order valence-corrected chi connectivity index (χ4v) is 7.29. The van der Waals surface area contributed by atoms with Crippen LogP contribution in [-0.4, -0.2) is 15.2 Å². The van der Waals surface area contributed by atoms with Crippen molar-refractivity contribution in [3.05, 3.63) is 138 Å². The number of benzene rings is 4. The van der Waals surface area contributed by atoms with Crippen LogP contribution in [0.5, 0.6) is 11.5 Å². The van der Waals surface area contributed by atoms with E-state index in [1.807, 2.05) is 138 Å². The standard InChI is InChI=1S/C37H25NO2S2.Zr/c39-34-30(24-12-3-1-4-13-24)22-41-36(34)28-18-9-7-16-26(28)32-20-11-21-33(38-32)27-17-8-10-19-29(27)37-35(40)31(23-42-37)25-14-5-2-6-15-25;/h1-23,39-40H;. The first-order valence-corrected chi connectivity index (χ1v) is 15.3. The van der Waals surface area contributed by atoms with Gasteiger partial charge in [-0.25, -0.2) is 4.98 Å². The Morgan fingerprint density at radius 1 is 0.395 bits per heavy atom. The van der Waals surface area contributed by atoms with Gasteiger partial charge in [-0.3, -0.25) is 0 Å². The molecule has 0 aliphatic rings. The van der Waals surface area contributed by atoms with Crippen molar-refractivity contribution in [3.63, 3.8) is 0 Å². The van der Waals surface area contributed by atoms with E-state index in [0.717, 1.165) is 65.6 Å². The van der Waals surface area contributed by atoms with Gasteiger partial charge in [-0.05, 0) is 23.3 Å². The number of rotatable bonds is 6. The van der Waals surface area contributed by atoms with Crippen molar-refractivity contribution >= 4 is 22.7 Å². The van der Waals surface area contributed by atoms with Gasteiger partial charge in [0.2, 0.25) is 0 Å². The fraction of sp³-hybridized carbons (Fsp3) is 0. The zero-order valence-electron chi connectivity index (χ0n) is 22.9. The smallest absolute Gasteiger partial charge is 0.142 e. The third-order valence-corrected chi connectivity index (χ3v) is 9.35. The second-order valence-electron chi connectivity index (χ2n) is 9.89. The van der Waals surface area contributed by atoms with Crippen molar-refractivity contribution < 1.29 is 36.4 Å². The number of hydrogen-bond acceptors (Lipinski definition) is 5. The molecule has 0 aliphatic heterocycles. The first kappa shape index (κ1) is 29.0. The van der Waals surface area contributed by atoms with Crippen LogP contribution in [0.1, 0.15) is 0 Å². The molecule has 0 aliphatic carbocycles. The summed E-state index contributed by atoms with van der Waals surface area (Å²) in [5.74, 6) is 0.560. The van der Waals surface area contributed by atoms with Crippen molar-refractivity contribution in [2.75, 3.05) is 0 Å². The number of thiophene rings is 2. The fourth-order valence-electron chi connectivity index (χ4n) is 5.27. The molecule has 43 heavy (non-hydrogen) atoms. The number of nitrogens with zero attached hydrogens (tertiary/aromatic N) is 1. The Morgan fingerprint density at radius 2 is 0.767 bits per heavy atom. The Bertz CT molecular complexity index is 1870. The molecule has 0 bridgehead atoms. The van der Waals surface area contributed by atoms with Crippen LogP contribution in [0.25, 0.3) is 65.6 Å². The molecule has 0 amide bonds. The topological polar surface area (TPSA) is 53.4 Å². The minimum atomic E-state index is 0. The molecule has 0 spiro atoms. The average Bonchev–Trinajstić information content (AvgIpc) is 3.64. The molecule has 2 N–H and O–H groups in total. The molecule has 4 aromatic carbocycles. The van der Waals surface area contributed by atoms with Gasteiger partial charge in [0, 0.05) is 70.3 Å². The van der Waals surface area contributed by atoms with Crippen LogP contribution in [0.15, 0.2) is 138 Å². The summed E-state index contributed by atoms with van der Waals surface area (Å²) in [6, 6.07) is 42.1. The van der Waals surface area contributed by atoms with Gasteiger partial charge in [-0.1, -0.05) is 115 Å². The summed E-state index contributed by atoms with van der Waals surface area (Å²) in [4.78, 5) is 6.75.